The van der Waals surface area contributed by atoms with Crippen molar-refractivity contribution >= 4 is 33.8 Å². The van der Waals surface area contributed by atoms with Gasteiger partial charge in [-0.15, -0.1) is 21.5 Å². The number of hydrogen-bond acceptors (Lipinski definition) is 6. The van der Waals surface area contributed by atoms with Crippen LogP contribution in [0.25, 0.3) is 0 Å². The first-order valence-electron chi connectivity index (χ1n) is 5.76. The molecule has 21 heavy (non-hydrogen) atoms. The van der Waals surface area contributed by atoms with Crippen LogP contribution in [0.5, 0.6) is 0 Å². The van der Waals surface area contributed by atoms with Crippen molar-refractivity contribution in [3.63, 3.8) is 0 Å². The van der Waals surface area contributed by atoms with E-state index in [1.807, 2.05) is 0 Å². The van der Waals surface area contributed by atoms with Gasteiger partial charge in [0.05, 0.1) is 6.04 Å². The number of amides is 2. The number of aromatic nitrogens is 3. The molecular weight excluding hydrogens is 327 g/mol. The highest BCUT2D eigenvalue weighted by atomic mass is 32.1. The summed E-state index contributed by atoms with van der Waals surface area (Å²) >= 11 is 1.99. The first kappa shape index (κ1) is 15.6. The molecule has 0 aliphatic rings. The number of carbonyl (C=O) groups excluding carboxylic acids is 1. The maximum Gasteiger partial charge on any atom is 0.434 e. The second-order valence-corrected chi connectivity index (χ2v) is 5.59. The normalized spacial score (nSPS) is 13.0. The van der Waals surface area contributed by atoms with E-state index < -0.39 is 23.9 Å². The summed E-state index contributed by atoms with van der Waals surface area (Å²) in [6.45, 7) is 1.74. The lowest BCUT2D eigenvalue weighted by Gasteiger charge is -2.14. The van der Waals surface area contributed by atoms with E-state index in [0.29, 0.717) is 11.6 Å². The predicted molar refractivity (Wildman–Crippen MR) is 72.2 cm³/mol. The third-order valence-corrected chi connectivity index (χ3v) is 3.97. The van der Waals surface area contributed by atoms with Crippen LogP contribution in [0.4, 0.5) is 23.1 Å². The lowest BCUT2D eigenvalue weighted by atomic mass is 10.2. The van der Waals surface area contributed by atoms with Crippen LogP contribution in [0.1, 0.15) is 30.1 Å². The van der Waals surface area contributed by atoms with Gasteiger partial charge in [-0.3, -0.25) is 5.32 Å². The van der Waals surface area contributed by atoms with Crippen LogP contribution in [-0.4, -0.2) is 21.2 Å². The number of rotatable bonds is 4. The summed E-state index contributed by atoms with van der Waals surface area (Å²) in [5.74, 6) is 0. The van der Waals surface area contributed by atoms with Crippen LogP contribution < -0.4 is 10.6 Å². The Balaban J connectivity index is 2.02. The van der Waals surface area contributed by atoms with Crippen molar-refractivity contribution in [1.29, 1.82) is 0 Å². The predicted octanol–water partition coefficient (Wildman–Crippen LogP) is 3.29. The Kier molecular flexibility index (Phi) is 4.73. The highest BCUT2D eigenvalue weighted by Gasteiger charge is 2.34. The molecule has 0 unspecified atom stereocenters. The summed E-state index contributed by atoms with van der Waals surface area (Å²) < 4.78 is 37.5. The lowest BCUT2D eigenvalue weighted by Crippen LogP contribution is -2.32. The SMILES string of the molecule is CC[C@@H](NC(=O)Nc1nncs1)c1nc(C(F)(F)F)cs1. The van der Waals surface area contributed by atoms with Crippen molar-refractivity contribution in [3.05, 3.63) is 21.6 Å². The van der Waals surface area contributed by atoms with Gasteiger partial charge < -0.3 is 5.32 Å². The summed E-state index contributed by atoms with van der Waals surface area (Å²) in [6.07, 6.45) is -4.07. The van der Waals surface area contributed by atoms with Crippen LogP contribution in [0.15, 0.2) is 10.9 Å². The molecule has 0 fully saturated rings. The number of anilines is 1. The molecule has 0 radical (unpaired) electrons. The van der Waals surface area contributed by atoms with Gasteiger partial charge in [0.1, 0.15) is 10.5 Å². The first-order valence-corrected chi connectivity index (χ1v) is 7.52. The Labute approximate surface area is 125 Å². The van der Waals surface area contributed by atoms with Gasteiger partial charge >= 0.3 is 12.2 Å². The van der Waals surface area contributed by atoms with Gasteiger partial charge in [-0.2, -0.15) is 13.2 Å². The molecular formula is C10H10F3N5OS2. The van der Waals surface area contributed by atoms with Gasteiger partial charge in [0.25, 0.3) is 0 Å². The largest absolute Gasteiger partial charge is 0.434 e. The standard InChI is InChI=1S/C10H10F3N5OS2/c1-2-5(7-16-6(3-20-7)10(11,12)13)15-8(19)17-9-18-14-4-21-9/h3-5H,2H2,1H3,(H2,15,17,18,19)/t5-/m1/s1. The fraction of sp³-hybridized carbons (Fsp3) is 0.400. The first-order chi connectivity index (χ1) is 9.90. The fourth-order valence-corrected chi connectivity index (χ4v) is 2.83. The van der Waals surface area contributed by atoms with E-state index in [1.165, 1.54) is 5.51 Å². The molecule has 0 aliphatic carbocycles. The molecule has 2 heterocycles. The zero-order chi connectivity index (χ0) is 15.5. The molecule has 6 nitrogen and oxygen atoms in total. The summed E-state index contributed by atoms with van der Waals surface area (Å²) in [5, 5.41) is 13.6. The van der Waals surface area contributed by atoms with Gasteiger partial charge in [-0.1, -0.05) is 18.3 Å². The third-order valence-electron chi connectivity index (χ3n) is 2.40. The number of alkyl halides is 3. The second kappa shape index (κ2) is 6.35. The van der Waals surface area contributed by atoms with Gasteiger partial charge in [0.15, 0.2) is 5.69 Å². The molecule has 0 saturated heterocycles. The van der Waals surface area contributed by atoms with Crippen molar-refractivity contribution in [2.45, 2.75) is 25.6 Å². The number of hydrogen-bond donors (Lipinski definition) is 2. The highest BCUT2D eigenvalue weighted by molar-refractivity contribution is 7.13. The Bertz CT molecular complexity index is 598. The van der Waals surface area contributed by atoms with E-state index in [9.17, 15) is 18.0 Å². The summed E-state index contributed by atoms with van der Waals surface area (Å²) in [7, 11) is 0. The Morgan fingerprint density at radius 3 is 2.71 bits per heavy atom. The van der Waals surface area contributed by atoms with Crippen LogP contribution in [0, 0.1) is 0 Å². The topological polar surface area (TPSA) is 79.8 Å². The van der Waals surface area contributed by atoms with E-state index in [2.05, 4.69) is 25.8 Å². The fourth-order valence-electron chi connectivity index (χ4n) is 1.44. The molecule has 0 saturated carbocycles. The van der Waals surface area contributed by atoms with Crippen LogP contribution in [-0.2, 0) is 6.18 Å². The molecule has 0 aromatic carbocycles. The summed E-state index contributed by atoms with van der Waals surface area (Å²) in [5.41, 5.74) is 0.496. The van der Waals surface area contributed by atoms with E-state index in [0.717, 1.165) is 28.1 Å². The van der Waals surface area contributed by atoms with Gasteiger partial charge in [-0.05, 0) is 6.42 Å². The Hall–Kier alpha value is -1.75. The van der Waals surface area contributed by atoms with Crippen molar-refractivity contribution in [1.82, 2.24) is 20.5 Å². The Morgan fingerprint density at radius 1 is 1.43 bits per heavy atom. The van der Waals surface area contributed by atoms with E-state index in [4.69, 9.17) is 0 Å². The molecule has 11 heteroatoms. The monoisotopic (exact) mass is 337 g/mol. The molecule has 1 atom stereocenters. The summed E-state index contributed by atoms with van der Waals surface area (Å²) in [4.78, 5) is 15.3. The minimum Gasteiger partial charge on any atom is -0.329 e. The molecule has 2 amide bonds. The van der Waals surface area contributed by atoms with Gasteiger partial charge in [0, 0.05) is 5.38 Å². The molecule has 0 bridgehead atoms. The van der Waals surface area contributed by atoms with Crippen LogP contribution in [0.3, 0.4) is 0 Å². The molecule has 0 aliphatic heterocycles. The van der Waals surface area contributed by atoms with Crippen molar-refractivity contribution in [2.75, 3.05) is 5.32 Å². The number of urea groups is 1. The van der Waals surface area contributed by atoms with Crippen LogP contribution >= 0.6 is 22.7 Å². The van der Waals surface area contributed by atoms with E-state index >= 15 is 0 Å². The maximum atomic E-state index is 12.5. The van der Waals surface area contributed by atoms with E-state index in [1.54, 1.807) is 6.92 Å². The highest BCUT2D eigenvalue weighted by Crippen LogP contribution is 2.32. The Morgan fingerprint density at radius 2 is 2.19 bits per heavy atom. The van der Waals surface area contributed by atoms with Gasteiger partial charge in [0.2, 0.25) is 5.13 Å². The molecule has 2 aromatic heterocycles. The maximum absolute atomic E-state index is 12.5. The minimum atomic E-state index is -4.48. The smallest absolute Gasteiger partial charge is 0.329 e. The summed E-state index contributed by atoms with van der Waals surface area (Å²) in [6, 6.07) is -1.17. The van der Waals surface area contributed by atoms with Crippen LogP contribution in [0.2, 0.25) is 0 Å². The number of nitrogens with zero attached hydrogens (tertiary/aromatic N) is 3. The molecule has 2 N–H and O–H groups in total. The second-order valence-electron chi connectivity index (χ2n) is 3.87. The number of nitrogens with one attached hydrogen (secondary N) is 2. The molecule has 2 aromatic rings. The zero-order valence-electron chi connectivity index (χ0n) is 10.6. The molecule has 114 valence electrons. The zero-order valence-corrected chi connectivity index (χ0v) is 12.3. The number of carbonyl (C=O) groups is 1. The van der Waals surface area contributed by atoms with Crippen molar-refractivity contribution < 1.29 is 18.0 Å². The number of thiazole rings is 1. The quantitative estimate of drug-likeness (QED) is 0.897. The third kappa shape index (κ3) is 4.11. The van der Waals surface area contributed by atoms with Crippen molar-refractivity contribution in [3.8, 4) is 0 Å². The average Bonchev–Trinajstić information content (AvgIpc) is 3.05. The van der Waals surface area contributed by atoms with E-state index in [-0.39, 0.29) is 5.01 Å². The molecule has 0 spiro atoms. The van der Waals surface area contributed by atoms with Crippen molar-refractivity contribution in [2.24, 2.45) is 0 Å². The van der Waals surface area contributed by atoms with Gasteiger partial charge in [-0.25, -0.2) is 9.78 Å². The lowest BCUT2D eigenvalue weighted by molar-refractivity contribution is -0.140. The average molecular weight is 337 g/mol. The number of halogens is 3. The minimum absolute atomic E-state index is 0.206. The molecule has 2 rings (SSSR count).